The number of carbonyl (C=O) groups excluding carboxylic acids is 3. The normalized spacial score (nSPS) is 34.9. The van der Waals surface area contributed by atoms with Gasteiger partial charge in [-0.1, -0.05) is 58.0 Å². The Kier molecular flexibility index (Phi) is 11.9. The van der Waals surface area contributed by atoms with Gasteiger partial charge in [0.15, 0.2) is 5.60 Å². The van der Waals surface area contributed by atoms with Crippen LogP contribution in [0.1, 0.15) is 88.6 Å². The summed E-state index contributed by atoms with van der Waals surface area (Å²) in [5.74, 6) is -1.43. The highest BCUT2D eigenvalue weighted by Crippen LogP contribution is 2.67. The minimum atomic E-state index is -2.33. The maximum absolute atomic E-state index is 15.4. The Morgan fingerprint density at radius 2 is 1.80 bits per heavy atom. The van der Waals surface area contributed by atoms with Crippen LogP contribution in [0, 0.1) is 17.3 Å². The van der Waals surface area contributed by atoms with E-state index in [-0.39, 0.29) is 37.5 Å². The van der Waals surface area contributed by atoms with Gasteiger partial charge in [-0.3, -0.25) is 24.2 Å². The number of amides is 1. The van der Waals surface area contributed by atoms with Gasteiger partial charge >= 0.3 is 11.9 Å². The summed E-state index contributed by atoms with van der Waals surface area (Å²) < 4.78 is 17.8. The van der Waals surface area contributed by atoms with Crippen molar-refractivity contribution in [1.82, 2.24) is 20.1 Å². The van der Waals surface area contributed by atoms with E-state index in [9.17, 15) is 24.9 Å². The van der Waals surface area contributed by atoms with Crippen molar-refractivity contribution >= 4 is 34.4 Å². The number of esters is 2. The van der Waals surface area contributed by atoms with Gasteiger partial charge in [0.1, 0.15) is 23.3 Å². The summed E-state index contributed by atoms with van der Waals surface area (Å²) in [4.78, 5) is 53.3. The quantitative estimate of drug-likeness (QED) is 0.0880. The zero-order chi connectivity index (χ0) is 47.1. The molecule has 1 aliphatic carbocycles. The number of H-pyrrole nitrogens is 1. The highest BCUT2D eigenvalue weighted by Gasteiger charge is 2.78. The number of rotatable bonds is 12. The van der Waals surface area contributed by atoms with E-state index in [1.807, 2.05) is 76.1 Å². The van der Waals surface area contributed by atoms with Crippen molar-refractivity contribution in [2.75, 3.05) is 72.0 Å². The van der Waals surface area contributed by atoms with Crippen molar-refractivity contribution < 1.29 is 43.9 Å². The lowest BCUT2D eigenvalue weighted by atomic mass is 9.47. The second kappa shape index (κ2) is 16.9. The molecule has 5 aliphatic heterocycles. The van der Waals surface area contributed by atoms with E-state index in [4.69, 9.17) is 19.9 Å². The van der Waals surface area contributed by atoms with E-state index in [0.29, 0.717) is 82.6 Å². The van der Waals surface area contributed by atoms with Gasteiger partial charge in [-0.05, 0) is 86.6 Å². The molecule has 8 unspecified atom stereocenters. The number of anilines is 1. The van der Waals surface area contributed by atoms with E-state index < -0.39 is 63.5 Å². The fraction of sp³-hybridized carbons (Fsp3) is 0.627. The first-order chi connectivity index (χ1) is 31.5. The first kappa shape index (κ1) is 46.6. The predicted molar refractivity (Wildman–Crippen MR) is 250 cm³/mol. The van der Waals surface area contributed by atoms with Crippen LogP contribution in [-0.4, -0.2) is 151 Å². The number of aromatic nitrogens is 1. The molecule has 1 aromatic heterocycles. The van der Waals surface area contributed by atoms with Crippen molar-refractivity contribution in [2.45, 2.75) is 119 Å². The number of nitrogens with two attached hydrogens (primary N) is 1. The van der Waals surface area contributed by atoms with Crippen LogP contribution in [0.15, 0.2) is 48.6 Å². The molecule has 7 N–H and O–H groups in total. The summed E-state index contributed by atoms with van der Waals surface area (Å²) in [6.07, 6.45) is 5.86. The van der Waals surface area contributed by atoms with E-state index >= 15 is 4.79 Å². The van der Waals surface area contributed by atoms with Crippen molar-refractivity contribution in [3.05, 3.63) is 70.9 Å². The number of likely N-dealkylation sites (N-methyl/N-ethyl adjacent to an activating group) is 1. The van der Waals surface area contributed by atoms with E-state index in [1.54, 1.807) is 7.11 Å². The van der Waals surface area contributed by atoms with Gasteiger partial charge < -0.3 is 50.5 Å². The molecular weight excluding hydrogens is 841 g/mol. The Morgan fingerprint density at radius 3 is 2.52 bits per heavy atom. The molecule has 66 heavy (non-hydrogen) atoms. The van der Waals surface area contributed by atoms with Crippen LogP contribution < -0.4 is 20.7 Å². The topological polar surface area (TPSA) is 203 Å². The standard InChI is InChI=1S/C51H70N6O9/c1-8-47(62)26-31-27-50(46(61)65-7,40-33(16-21-56(28-31)29-47)32-14-10-11-15-36(32)54-40)35-24-34-37(25-38(35)64-6)55(5)43-49(34)18-22-57-20-12-17-48(9-2,42(49)57)44(59)51(43,63)45(60)53-19-13-23-66-41(58)39(52)30(3)4/h10-12,14-15,17,24-25,30-31,39,42-44,54,59,62-63H,8-9,13,16,18-23,26-29,52H2,1-7H3,(H,53,60)/t31?,39?,42?,43?,44-,47?,48-,49?,50?,51+/m1/s1. The molecule has 11 atom stereocenters. The van der Waals surface area contributed by atoms with Gasteiger partial charge in [-0.25, -0.2) is 0 Å². The molecule has 0 radical (unpaired) electrons. The smallest absolute Gasteiger partial charge is 0.323 e. The molecule has 15 heteroatoms. The van der Waals surface area contributed by atoms with Crippen molar-refractivity contribution in [3.63, 3.8) is 0 Å². The number of hydrogen-bond donors (Lipinski definition) is 6. The van der Waals surface area contributed by atoms with Gasteiger partial charge in [0.25, 0.3) is 5.91 Å². The zero-order valence-corrected chi connectivity index (χ0v) is 39.7. The number of aromatic amines is 1. The monoisotopic (exact) mass is 911 g/mol. The van der Waals surface area contributed by atoms with Crippen LogP contribution >= 0.6 is 0 Å². The lowest BCUT2D eigenvalue weighted by Gasteiger charge is -2.63. The minimum Gasteiger partial charge on any atom is -0.496 e. The van der Waals surface area contributed by atoms with Gasteiger partial charge in [0, 0.05) is 90.6 Å². The molecule has 1 saturated carbocycles. The van der Waals surface area contributed by atoms with Gasteiger partial charge in [-0.15, -0.1) is 0 Å². The summed E-state index contributed by atoms with van der Waals surface area (Å²) in [6, 6.07) is 10.2. The first-order valence-corrected chi connectivity index (χ1v) is 24.1. The number of ether oxygens (including phenoxy) is 3. The third-order valence-electron chi connectivity index (χ3n) is 17.0. The first-order valence-electron chi connectivity index (χ1n) is 24.1. The summed E-state index contributed by atoms with van der Waals surface area (Å²) in [5.41, 5.74) is 4.19. The molecule has 9 rings (SSSR count). The summed E-state index contributed by atoms with van der Waals surface area (Å²) >= 11 is 0. The number of nitrogens with zero attached hydrogens (tertiary/aromatic N) is 3. The lowest BCUT2D eigenvalue weighted by Crippen LogP contribution is -2.81. The molecule has 3 fully saturated rings. The molecule has 3 aromatic rings. The third kappa shape index (κ3) is 6.61. The second-order valence-electron chi connectivity index (χ2n) is 20.7. The Balaban J connectivity index is 1.22. The molecule has 2 saturated heterocycles. The largest absolute Gasteiger partial charge is 0.496 e. The van der Waals surface area contributed by atoms with Crippen LogP contribution in [0.25, 0.3) is 10.9 Å². The summed E-state index contributed by atoms with van der Waals surface area (Å²) in [6.45, 7) is 11.1. The SMILES string of the molecule is CCC1(O)CC2CN(CCc3c([nH]c4ccccc34)C(C(=O)OC)(c3cc4c(cc3OC)N(C)C3C45CCN4CC=C[C@](CC)(C45)[C@@H](O)[C@]3(O)C(=O)NCCCOC(=O)C(N)C(C)C)C2)C1. The average Bonchev–Trinajstić information content (AvgIpc) is 3.98. The predicted octanol–water partition coefficient (Wildman–Crippen LogP) is 3.28. The van der Waals surface area contributed by atoms with Crippen LogP contribution in [0.3, 0.4) is 0 Å². The van der Waals surface area contributed by atoms with E-state index in [2.05, 4.69) is 32.2 Å². The van der Waals surface area contributed by atoms with Crippen molar-refractivity contribution in [3.8, 4) is 5.75 Å². The number of nitrogens with one attached hydrogen (secondary N) is 2. The van der Waals surface area contributed by atoms with Gasteiger partial charge in [0.05, 0.1) is 32.5 Å². The maximum atomic E-state index is 15.4. The zero-order valence-electron chi connectivity index (χ0n) is 39.7. The second-order valence-corrected chi connectivity index (χ2v) is 20.7. The van der Waals surface area contributed by atoms with Gasteiger partial charge in [-0.2, -0.15) is 0 Å². The van der Waals surface area contributed by atoms with Crippen molar-refractivity contribution in [1.29, 1.82) is 0 Å². The van der Waals surface area contributed by atoms with Crippen LogP contribution in [0.5, 0.6) is 5.75 Å². The number of piperidine rings is 1. The summed E-state index contributed by atoms with van der Waals surface area (Å²) in [7, 11) is 4.90. The number of hydrogen-bond acceptors (Lipinski definition) is 13. The summed E-state index contributed by atoms with van der Waals surface area (Å²) in [5, 5.41) is 42.3. The van der Waals surface area contributed by atoms with Crippen molar-refractivity contribution in [2.24, 2.45) is 23.0 Å². The number of methoxy groups -OCH3 is 2. The molecule has 2 bridgehead atoms. The molecule has 1 amide bonds. The molecule has 358 valence electrons. The van der Waals surface area contributed by atoms with E-state index in [1.165, 1.54) is 7.11 Å². The number of aliphatic hydroxyl groups excluding tert-OH is 1. The Morgan fingerprint density at radius 1 is 1.03 bits per heavy atom. The van der Waals surface area contributed by atoms with Gasteiger partial charge in [0.2, 0.25) is 0 Å². The molecule has 1 spiro atoms. The Bertz CT molecular complexity index is 2420. The maximum Gasteiger partial charge on any atom is 0.323 e. The lowest BCUT2D eigenvalue weighted by molar-refractivity contribution is -0.203. The highest BCUT2D eigenvalue weighted by molar-refractivity contribution is 5.95. The average molecular weight is 911 g/mol. The highest BCUT2D eigenvalue weighted by atomic mass is 16.5. The molecule has 6 aliphatic rings. The third-order valence-corrected chi connectivity index (χ3v) is 17.0. The molecule has 6 heterocycles. The molecule has 15 nitrogen and oxygen atoms in total. The Hall–Kier alpha value is -4.51. The van der Waals surface area contributed by atoms with Crippen LogP contribution in [0.4, 0.5) is 5.69 Å². The van der Waals surface area contributed by atoms with Crippen LogP contribution in [-0.2, 0) is 41.1 Å². The molecular formula is C51H70N6O9. The minimum absolute atomic E-state index is 0.0249. The number of benzene rings is 2. The number of aliphatic hydroxyl groups is 3. The number of para-hydroxylation sites is 1. The Labute approximate surface area is 388 Å². The number of carbonyl (C=O) groups is 3. The van der Waals surface area contributed by atoms with Crippen LogP contribution in [0.2, 0.25) is 0 Å². The fourth-order valence-corrected chi connectivity index (χ4v) is 14.0. The fourth-order valence-electron chi connectivity index (χ4n) is 14.0. The molecule has 2 aromatic carbocycles. The number of fused-ring (bicyclic) bond motifs is 6. The van der Waals surface area contributed by atoms with E-state index in [0.717, 1.165) is 33.4 Å².